The van der Waals surface area contributed by atoms with Gasteiger partial charge in [-0.15, -0.1) is 0 Å². The summed E-state index contributed by atoms with van der Waals surface area (Å²) in [5.41, 5.74) is 0.770. The molecule has 126 valence electrons. The van der Waals surface area contributed by atoms with Crippen LogP contribution < -0.4 is 4.90 Å². The molecule has 3 aliphatic rings. The molecule has 1 heterocycles. The van der Waals surface area contributed by atoms with Gasteiger partial charge in [0.1, 0.15) is 0 Å². The number of carbonyl (C=O) groups excluding carboxylic acids is 3. The molecule has 0 N–H and O–H groups in total. The topological polar surface area (TPSA) is 63.7 Å². The van der Waals surface area contributed by atoms with E-state index in [1.165, 1.54) is 12.0 Å². The van der Waals surface area contributed by atoms with Crippen LogP contribution >= 0.6 is 31.9 Å². The van der Waals surface area contributed by atoms with E-state index in [2.05, 4.69) is 31.9 Å². The van der Waals surface area contributed by atoms with Crippen LogP contribution in [-0.2, 0) is 14.3 Å². The lowest BCUT2D eigenvalue weighted by Crippen LogP contribution is -2.37. The first kappa shape index (κ1) is 16.3. The molecule has 1 aliphatic heterocycles. The SMILES string of the molecule is COC(=O)c1cccc(N2C(=O)[C@@H]3[C@H]4C[C@@H]([C@H](Br)[C@H]4Br)[C@H]3C2=O)c1. The summed E-state index contributed by atoms with van der Waals surface area (Å²) in [6.07, 6.45) is 0.898. The second-order valence-corrected chi connectivity index (χ2v) is 8.67. The van der Waals surface area contributed by atoms with Gasteiger partial charge in [-0.3, -0.25) is 14.5 Å². The van der Waals surface area contributed by atoms with E-state index in [1.54, 1.807) is 24.3 Å². The number of hydrogen-bond donors (Lipinski definition) is 0. The predicted octanol–water partition coefficient (Wildman–Crippen LogP) is 2.76. The molecule has 2 amide bonds. The molecule has 2 saturated carbocycles. The van der Waals surface area contributed by atoms with Gasteiger partial charge in [0.25, 0.3) is 0 Å². The lowest BCUT2D eigenvalue weighted by molar-refractivity contribution is -0.123. The zero-order valence-electron chi connectivity index (χ0n) is 12.8. The highest BCUT2D eigenvalue weighted by molar-refractivity contribution is 9.12. The van der Waals surface area contributed by atoms with Crippen LogP contribution in [0.4, 0.5) is 5.69 Å². The molecule has 0 spiro atoms. The van der Waals surface area contributed by atoms with Gasteiger partial charge in [-0.2, -0.15) is 0 Å². The zero-order valence-corrected chi connectivity index (χ0v) is 16.0. The first-order valence-corrected chi connectivity index (χ1v) is 9.63. The first-order valence-electron chi connectivity index (χ1n) is 7.80. The van der Waals surface area contributed by atoms with Crippen molar-refractivity contribution in [1.29, 1.82) is 0 Å². The Kier molecular flexibility index (Phi) is 3.84. The maximum atomic E-state index is 12.9. The van der Waals surface area contributed by atoms with Crippen LogP contribution in [0.2, 0.25) is 0 Å². The highest BCUT2D eigenvalue weighted by atomic mass is 79.9. The van der Waals surface area contributed by atoms with Gasteiger partial charge in [0.2, 0.25) is 11.8 Å². The van der Waals surface area contributed by atoms with E-state index in [1.807, 2.05) is 0 Å². The van der Waals surface area contributed by atoms with Gasteiger partial charge < -0.3 is 4.74 Å². The van der Waals surface area contributed by atoms with Crippen molar-refractivity contribution in [2.24, 2.45) is 23.7 Å². The number of hydrogen-bond acceptors (Lipinski definition) is 4. The third-order valence-electron chi connectivity index (χ3n) is 5.51. The number of benzene rings is 1. The van der Waals surface area contributed by atoms with E-state index in [0.29, 0.717) is 11.3 Å². The molecule has 2 bridgehead atoms. The number of fused-ring (bicyclic) bond motifs is 5. The average molecular weight is 457 g/mol. The van der Waals surface area contributed by atoms with E-state index in [-0.39, 0.29) is 45.1 Å². The number of carbonyl (C=O) groups is 3. The van der Waals surface area contributed by atoms with Gasteiger partial charge in [0.05, 0.1) is 30.2 Å². The van der Waals surface area contributed by atoms with Crippen LogP contribution in [0.5, 0.6) is 0 Å². The Bertz CT molecular complexity index is 720. The number of rotatable bonds is 2. The number of imide groups is 1. The van der Waals surface area contributed by atoms with Crippen molar-refractivity contribution in [1.82, 2.24) is 0 Å². The lowest BCUT2D eigenvalue weighted by atomic mass is 9.81. The average Bonchev–Trinajstić information content (AvgIpc) is 3.19. The monoisotopic (exact) mass is 455 g/mol. The maximum Gasteiger partial charge on any atom is 0.337 e. The van der Waals surface area contributed by atoms with Crippen molar-refractivity contribution in [3.8, 4) is 0 Å². The zero-order chi connectivity index (χ0) is 17.2. The first-order chi connectivity index (χ1) is 11.5. The fourth-order valence-corrected chi connectivity index (χ4v) is 6.37. The normalized spacial score (nSPS) is 37.0. The minimum atomic E-state index is -0.489. The Labute approximate surface area is 156 Å². The molecule has 4 rings (SSSR count). The standard InChI is InChI=1S/C17H15Br2NO4/c1-24-17(23)7-3-2-4-8(5-7)20-15(21)11-9-6-10(12(11)16(20)22)14(19)13(9)18/h2-5,9-14H,6H2,1H3/t9-,10-,11-,12-,13+,14+/m1/s1. The molecule has 1 aromatic carbocycles. The Morgan fingerprint density at radius 1 is 1.12 bits per heavy atom. The van der Waals surface area contributed by atoms with Gasteiger partial charge in [0.15, 0.2) is 0 Å². The van der Waals surface area contributed by atoms with Crippen molar-refractivity contribution in [2.45, 2.75) is 16.1 Å². The fourth-order valence-electron chi connectivity index (χ4n) is 4.49. The Morgan fingerprint density at radius 2 is 1.71 bits per heavy atom. The summed E-state index contributed by atoms with van der Waals surface area (Å²) < 4.78 is 4.71. The molecule has 6 atom stereocenters. The summed E-state index contributed by atoms with van der Waals surface area (Å²) in [6, 6.07) is 6.49. The molecule has 24 heavy (non-hydrogen) atoms. The summed E-state index contributed by atoms with van der Waals surface area (Å²) in [4.78, 5) is 39.3. The molecular weight excluding hydrogens is 442 g/mol. The minimum Gasteiger partial charge on any atom is -0.465 e. The summed E-state index contributed by atoms with van der Waals surface area (Å²) in [5.74, 6) is -0.960. The Morgan fingerprint density at radius 3 is 2.25 bits per heavy atom. The van der Waals surface area contributed by atoms with Crippen molar-refractivity contribution >= 4 is 55.3 Å². The Hall–Kier alpha value is -1.21. The quantitative estimate of drug-likeness (QED) is 0.390. The number of esters is 1. The molecule has 0 radical (unpaired) electrons. The third kappa shape index (κ3) is 2.07. The van der Waals surface area contributed by atoms with Gasteiger partial charge in [0, 0.05) is 9.65 Å². The second-order valence-electron chi connectivity index (χ2n) is 6.56. The number of alkyl halides is 2. The number of ether oxygens (including phenoxy) is 1. The van der Waals surface area contributed by atoms with Crippen molar-refractivity contribution in [2.75, 3.05) is 12.0 Å². The van der Waals surface area contributed by atoms with E-state index in [9.17, 15) is 14.4 Å². The summed E-state index contributed by atoms with van der Waals surface area (Å²) in [7, 11) is 1.30. The highest BCUT2D eigenvalue weighted by Crippen LogP contribution is 2.60. The van der Waals surface area contributed by atoms with Crippen molar-refractivity contribution in [3.05, 3.63) is 29.8 Å². The number of methoxy groups -OCH3 is 1. The van der Waals surface area contributed by atoms with Crippen LogP contribution in [0.25, 0.3) is 0 Å². The van der Waals surface area contributed by atoms with Gasteiger partial charge in [-0.1, -0.05) is 37.9 Å². The summed E-state index contributed by atoms with van der Waals surface area (Å²) >= 11 is 7.34. The van der Waals surface area contributed by atoms with Crippen LogP contribution in [0.3, 0.4) is 0 Å². The van der Waals surface area contributed by atoms with E-state index < -0.39 is 5.97 Å². The van der Waals surface area contributed by atoms with Gasteiger partial charge >= 0.3 is 5.97 Å². The smallest absolute Gasteiger partial charge is 0.337 e. The number of nitrogens with zero attached hydrogens (tertiary/aromatic N) is 1. The fraction of sp³-hybridized carbons (Fsp3) is 0.471. The molecule has 7 heteroatoms. The van der Waals surface area contributed by atoms with E-state index in [0.717, 1.165) is 6.42 Å². The molecular formula is C17H15Br2NO4. The second kappa shape index (κ2) is 5.66. The predicted molar refractivity (Wildman–Crippen MR) is 94.3 cm³/mol. The number of halogens is 2. The van der Waals surface area contributed by atoms with Crippen LogP contribution in [0.15, 0.2) is 24.3 Å². The minimum absolute atomic E-state index is 0.150. The van der Waals surface area contributed by atoms with E-state index >= 15 is 0 Å². The van der Waals surface area contributed by atoms with E-state index in [4.69, 9.17) is 4.74 Å². The van der Waals surface area contributed by atoms with Gasteiger partial charge in [-0.25, -0.2) is 4.79 Å². The number of anilines is 1. The lowest BCUT2D eigenvalue weighted by Gasteiger charge is -2.28. The summed E-state index contributed by atoms with van der Waals surface area (Å²) in [6.45, 7) is 0. The molecule has 5 nitrogen and oxygen atoms in total. The van der Waals surface area contributed by atoms with Crippen LogP contribution in [0, 0.1) is 23.7 Å². The Balaban J connectivity index is 1.70. The third-order valence-corrected chi connectivity index (χ3v) is 8.72. The molecule has 1 saturated heterocycles. The summed E-state index contributed by atoms with van der Waals surface area (Å²) in [5, 5.41) is 0. The largest absolute Gasteiger partial charge is 0.465 e. The van der Waals surface area contributed by atoms with Gasteiger partial charge in [-0.05, 0) is 36.5 Å². The molecule has 3 fully saturated rings. The highest BCUT2D eigenvalue weighted by Gasteiger charge is 2.66. The number of amides is 2. The van der Waals surface area contributed by atoms with Crippen molar-refractivity contribution in [3.63, 3.8) is 0 Å². The molecule has 1 aromatic rings. The maximum absolute atomic E-state index is 12.9. The van der Waals surface area contributed by atoms with Crippen LogP contribution in [-0.4, -0.2) is 34.5 Å². The molecule has 2 aliphatic carbocycles. The molecule has 0 aromatic heterocycles. The molecule has 0 unspecified atom stereocenters. The van der Waals surface area contributed by atoms with Crippen molar-refractivity contribution < 1.29 is 19.1 Å². The van der Waals surface area contributed by atoms with Crippen LogP contribution in [0.1, 0.15) is 16.8 Å².